The van der Waals surface area contributed by atoms with Gasteiger partial charge in [0.25, 0.3) is 0 Å². The lowest BCUT2D eigenvalue weighted by Gasteiger charge is -1.83. The first-order chi connectivity index (χ1) is 3.27. The Kier molecular flexibility index (Phi) is 4.83. The SMILES string of the molecule is CSCC[P+](=O)[O-]. The second-order valence-corrected chi connectivity index (χ2v) is 3.15. The van der Waals surface area contributed by atoms with Crippen molar-refractivity contribution in [3.63, 3.8) is 0 Å². The van der Waals surface area contributed by atoms with Gasteiger partial charge in [-0.05, 0) is 6.26 Å². The molecule has 0 rings (SSSR count). The molecular formula is C3H7O2PS. The molecule has 0 N–H and O–H groups in total. The van der Waals surface area contributed by atoms with Crippen molar-refractivity contribution < 1.29 is 9.46 Å². The summed E-state index contributed by atoms with van der Waals surface area (Å²) in [6, 6.07) is 0. The van der Waals surface area contributed by atoms with Crippen molar-refractivity contribution in [2.24, 2.45) is 0 Å². The minimum Gasteiger partial charge on any atom is -0.596 e. The minimum atomic E-state index is -2.13. The van der Waals surface area contributed by atoms with Crippen molar-refractivity contribution in [3.05, 3.63) is 0 Å². The Morgan fingerprint density at radius 2 is 2.43 bits per heavy atom. The van der Waals surface area contributed by atoms with Crippen molar-refractivity contribution in [2.75, 3.05) is 18.2 Å². The van der Waals surface area contributed by atoms with E-state index in [1.165, 1.54) is 0 Å². The Hall–Kier alpha value is 0.410. The standard InChI is InChI=1S/C3H7O2PS/c1-7-3-2-6(4)5/h2-3H2,1H3. The molecule has 1 unspecified atom stereocenters. The van der Waals surface area contributed by atoms with E-state index >= 15 is 0 Å². The quantitative estimate of drug-likeness (QED) is 0.531. The van der Waals surface area contributed by atoms with E-state index in [9.17, 15) is 9.46 Å². The number of rotatable bonds is 3. The highest BCUT2D eigenvalue weighted by molar-refractivity contribution is 7.98. The van der Waals surface area contributed by atoms with E-state index in [2.05, 4.69) is 0 Å². The molecule has 0 aromatic rings. The molecule has 0 aliphatic rings. The van der Waals surface area contributed by atoms with Crippen molar-refractivity contribution >= 4 is 19.8 Å². The van der Waals surface area contributed by atoms with Crippen LogP contribution in [-0.4, -0.2) is 18.2 Å². The van der Waals surface area contributed by atoms with E-state index in [1.807, 2.05) is 6.26 Å². The molecule has 42 valence electrons. The third-order valence-corrected chi connectivity index (χ3v) is 1.98. The molecule has 4 heteroatoms. The van der Waals surface area contributed by atoms with Gasteiger partial charge in [-0.25, -0.2) is 0 Å². The lowest BCUT2D eigenvalue weighted by Crippen LogP contribution is -1.92. The van der Waals surface area contributed by atoms with Crippen LogP contribution >= 0.6 is 19.8 Å². The van der Waals surface area contributed by atoms with Crippen LogP contribution in [0, 0.1) is 0 Å². The molecule has 0 aromatic heterocycles. The molecule has 0 heterocycles. The summed E-state index contributed by atoms with van der Waals surface area (Å²) in [7, 11) is -2.13. The second-order valence-electron chi connectivity index (χ2n) is 1.05. The third kappa shape index (κ3) is 6.41. The molecule has 0 amide bonds. The number of hydrogen-bond donors (Lipinski definition) is 0. The van der Waals surface area contributed by atoms with Crippen LogP contribution in [0.3, 0.4) is 0 Å². The summed E-state index contributed by atoms with van der Waals surface area (Å²) in [5.41, 5.74) is 0. The maximum atomic E-state index is 9.78. The molecule has 0 aliphatic carbocycles. The van der Waals surface area contributed by atoms with E-state index in [0.29, 0.717) is 6.16 Å². The summed E-state index contributed by atoms with van der Waals surface area (Å²) in [5.74, 6) is 0.721. The highest BCUT2D eigenvalue weighted by atomic mass is 32.2. The van der Waals surface area contributed by atoms with Crippen molar-refractivity contribution in [1.82, 2.24) is 0 Å². The highest BCUT2D eigenvalue weighted by Gasteiger charge is 1.95. The fourth-order valence-electron chi connectivity index (χ4n) is 0.166. The molecular weight excluding hydrogens is 131 g/mol. The molecule has 0 fully saturated rings. The van der Waals surface area contributed by atoms with E-state index in [4.69, 9.17) is 0 Å². The molecule has 0 bridgehead atoms. The van der Waals surface area contributed by atoms with Crippen LogP contribution in [0.15, 0.2) is 0 Å². The van der Waals surface area contributed by atoms with Crippen LogP contribution in [0.4, 0.5) is 0 Å². The van der Waals surface area contributed by atoms with Gasteiger partial charge in [0, 0.05) is 5.75 Å². The maximum Gasteiger partial charge on any atom is 0.309 e. The first-order valence-corrected chi connectivity index (χ1v) is 4.63. The Morgan fingerprint density at radius 3 is 2.57 bits per heavy atom. The van der Waals surface area contributed by atoms with Gasteiger partial charge in [0.05, 0.1) is 0 Å². The van der Waals surface area contributed by atoms with Crippen molar-refractivity contribution in [1.29, 1.82) is 0 Å². The van der Waals surface area contributed by atoms with E-state index in [-0.39, 0.29) is 0 Å². The monoisotopic (exact) mass is 138 g/mol. The third-order valence-electron chi connectivity index (χ3n) is 0.478. The van der Waals surface area contributed by atoms with Gasteiger partial charge >= 0.3 is 8.03 Å². The summed E-state index contributed by atoms with van der Waals surface area (Å²) in [4.78, 5) is 9.78. The lowest BCUT2D eigenvalue weighted by atomic mass is 11.0. The first kappa shape index (κ1) is 7.41. The average Bonchev–Trinajstić information content (AvgIpc) is 1.61. The van der Waals surface area contributed by atoms with E-state index < -0.39 is 8.03 Å². The zero-order valence-electron chi connectivity index (χ0n) is 4.09. The Bertz CT molecular complexity index is 66.0. The van der Waals surface area contributed by atoms with Gasteiger partial charge in [0.2, 0.25) is 0 Å². The summed E-state index contributed by atoms with van der Waals surface area (Å²) < 4.78 is 9.78. The number of thioether (sulfide) groups is 1. The van der Waals surface area contributed by atoms with Crippen LogP contribution in [-0.2, 0) is 4.57 Å². The summed E-state index contributed by atoms with van der Waals surface area (Å²) in [6.07, 6.45) is 2.20. The minimum absolute atomic E-state index is 0.316. The zero-order valence-corrected chi connectivity index (χ0v) is 5.80. The van der Waals surface area contributed by atoms with Crippen LogP contribution in [0.2, 0.25) is 0 Å². The molecule has 0 spiro atoms. The lowest BCUT2D eigenvalue weighted by molar-refractivity contribution is -0.163. The molecule has 0 radical (unpaired) electrons. The average molecular weight is 138 g/mol. The van der Waals surface area contributed by atoms with Crippen molar-refractivity contribution in [3.8, 4) is 0 Å². The Labute approximate surface area is 48.2 Å². The van der Waals surface area contributed by atoms with Crippen LogP contribution < -0.4 is 4.89 Å². The molecule has 0 aliphatic heterocycles. The van der Waals surface area contributed by atoms with Gasteiger partial charge in [-0.3, -0.25) is 0 Å². The summed E-state index contributed by atoms with van der Waals surface area (Å²) in [6.45, 7) is 0. The van der Waals surface area contributed by atoms with Gasteiger partial charge in [0.15, 0.2) is 6.16 Å². The molecule has 7 heavy (non-hydrogen) atoms. The Balaban J connectivity index is 2.82. The van der Waals surface area contributed by atoms with E-state index in [0.717, 1.165) is 5.75 Å². The molecule has 0 aromatic carbocycles. The van der Waals surface area contributed by atoms with Crippen molar-refractivity contribution in [2.45, 2.75) is 0 Å². The largest absolute Gasteiger partial charge is 0.596 e. The van der Waals surface area contributed by atoms with E-state index in [1.54, 1.807) is 11.8 Å². The van der Waals surface area contributed by atoms with Gasteiger partial charge in [-0.2, -0.15) is 11.8 Å². The maximum absolute atomic E-state index is 9.78. The number of hydrogen-bond acceptors (Lipinski definition) is 3. The van der Waals surface area contributed by atoms with Crippen LogP contribution in [0.25, 0.3) is 0 Å². The summed E-state index contributed by atoms with van der Waals surface area (Å²) >= 11 is 1.55. The normalized spacial score (nSPS) is 11.4. The van der Waals surface area contributed by atoms with Gasteiger partial charge in [-0.15, -0.1) is 0 Å². The fraction of sp³-hybridized carbons (Fsp3) is 1.00. The highest BCUT2D eigenvalue weighted by Crippen LogP contribution is 2.07. The predicted molar refractivity (Wildman–Crippen MR) is 30.9 cm³/mol. The second kappa shape index (κ2) is 4.57. The topological polar surface area (TPSA) is 40.1 Å². The predicted octanol–water partition coefficient (Wildman–Crippen LogP) is 0.452. The molecule has 0 saturated carbocycles. The molecule has 1 atom stereocenters. The van der Waals surface area contributed by atoms with Gasteiger partial charge in [-0.1, -0.05) is 4.57 Å². The first-order valence-electron chi connectivity index (χ1n) is 1.88. The fourth-order valence-corrected chi connectivity index (χ4v) is 1.49. The van der Waals surface area contributed by atoms with Crippen LogP contribution in [0.1, 0.15) is 0 Å². The molecule has 0 saturated heterocycles. The zero-order chi connectivity index (χ0) is 5.70. The van der Waals surface area contributed by atoms with Crippen LogP contribution in [0.5, 0.6) is 0 Å². The van der Waals surface area contributed by atoms with Gasteiger partial charge in [0.1, 0.15) is 0 Å². The van der Waals surface area contributed by atoms with Gasteiger partial charge < -0.3 is 4.89 Å². The smallest absolute Gasteiger partial charge is 0.309 e. The Morgan fingerprint density at radius 1 is 1.86 bits per heavy atom. The molecule has 2 nitrogen and oxygen atoms in total. The summed E-state index contributed by atoms with van der Waals surface area (Å²) in [5, 5.41) is 0.